The van der Waals surface area contributed by atoms with Crippen LogP contribution in [0.3, 0.4) is 0 Å². The molecule has 0 N–H and O–H groups in total. The fraction of sp³-hybridized carbons (Fsp3) is 0.219. The Morgan fingerprint density at radius 2 is 1.30 bits per heavy atom. The number of benzene rings is 4. The zero-order valence-corrected chi connectivity index (χ0v) is 22.5. The Labute approximate surface area is 221 Å². The van der Waals surface area contributed by atoms with Crippen molar-refractivity contribution in [1.82, 2.24) is 0 Å². The largest absolute Gasteiger partial charge is 0.492 e. The highest BCUT2D eigenvalue weighted by Crippen LogP contribution is 2.35. The van der Waals surface area contributed by atoms with Crippen molar-refractivity contribution < 1.29 is 18.7 Å². The van der Waals surface area contributed by atoms with E-state index in [2.05, 4.69) is 60.7 Å². The van der Waals surface area contributed by atoms with Crippen molar-refractivity contribution in [3.63, 3.8) is 0 Å². The van der Waals surface area contributed by atoms with Crippen LogP contribution >= 0.6 is 0 Å². The zero-order valence-electron chi connectivity index (χ0n) is 21.7. The summed E-state index contributed by atoms with van der Waals surface area (Å²) < 4.78 is 25.0. The van der Waals surface area contributed by atoms with Crippen molar-refractivity contribution in [1.29, 1.82) is 0 Å². The minimum Gasteiger partial charge on any atom is -0.492 e. The summed E-state index contributed by atoms with van der Waals surface area (Å²) in [5.41, 5.74) is 1.93. The Balaban J connectivity index is 1.46. The molecule has 4 aromatic carbocycles. The Bertz CT molecular complexity index is 1270. The summed E-state index contributed by atoms with van der Waals surface area (Å²) in [6.07, 6.45) is 0.115. The number of aryl methyl sites for hydroxylation is 2. The van der Waals surface area contributed by atoms with E-state index in [1.807, 2.05) is 26.0 Å². The number of carbonyl (C=O) groups is 1. The lowest BCUT2D eigenvalue weighted by Gasteiger charge is -2.25. The normalized spacial score (nSPS) is 11.4. The van der Waals surface area contributed by atoms with Crippen LogP contribution in [0.5, 0.6) is 5.75 Å². The molecule has 0 aliphatic heterocycles. The third kappa shape index (κ3) is 6.60. The highest BCUT2D eigenvalue weighted by atomic mass is 32.2. The summed E-state index contributed by atoms with van der Waals surface area (Å²) in [4.78, 5) is 16.3. The first-order chi connectivity index (χ1) is 17.7. The van der Waals surface area contributed by atoms with Gasteiger partial charge in [-0.05, 0) is 80.8 Å². The molecule has 0 saturated carbocycles. The lowest BCUT2D eigenvalue weighted by molar-refractivity contribution is -0.158. The predicted octanol–water partition coefficient (Wildman–Crippen LogP) is 7.79. The van der Waals surface area contributed by atoms with E-state index < -0.39 is 5.60 Å². The fourth-order valence-electron chi connectivity index (χ4n) is 4.26. The maximum absolute atomic E-state index is 13.2. The van der Waals surface area contributed by atoms with Gasteiger partial charge in [0.15, 0.2) is 14.7 Å². The van der Waals surface area contributed by atoms with Gasteiger partial charge in [0.05, 0.1) is 23.9 Å². The molecular formula is C32H32FO3S+. The zero-order chi connectivity index (χ0) is 26.4. The van der Waals surface area contributed by atoms with Crippen LogP contribution < -0.4 is 4.74 Å². The summed E-state index contributed by atoms with van der Waals surface area (Å²) in [5.74, 6) is 0.102. The van der Waals surface area contributed by atoms with E-state index >= 15 is 0 Å². The van der Waals surface area contributed by atoms with Gasteiger partial charge in [-0.1, -0.05) is 48.5 Å². The molecular weight excluding hydrogens is 483 g/mol. The average Bonchev–Trinajstić information content (AvgIpc) is 2.87. The lowest BCUT2D eigenvalue weighted by Crippen LogP contribution is -2.26. The first-order valence-corrected chi connectivity index (χ1v) is 13.5. The number of hydrogen-bond acceptors (Lipinski definition) is 3. The molecule has 0 bridgehead atoms. The Kier molecular flexibility index (Phi) is 8.34. The van der Waals surface area contributed by atoms with Crippen molar-refractivity contribution in [2.45, 2.75) is 54.4 Å². The number of esters is 1. The SMILES string of the molecule is Cc1cc([S+](c2ccccc2)c2ccccc2)cc(C)c1OCCC(=O)OC(C)(C)c1ccc(F)cc1. The molecule has 0 unspecified atom stereocenters. The van der Waals surface area contributed by atoms with Gasteiger partial charge in [0.1, 0.15) is 17.2 Å². The highest BCUT2D eigenvalue weighted by Gasteiger charge is 2.30. The maximum atomic E-state index is 13.2. The van der Waals surface area contributed by atoms with Gasteiger partial charge in [-0.2, -0.15) is 0 Å². The van der Waals surface area contributed by atoms with E-state index in [9.17, 15) is 9.18 Å². The molecule has 0 radical (unpaired) electrons. The molecule has 0 heterocycles. The molecule has 5 heteroatoms. The first kappa shape index (κ1) is 26.5. The minimum atomic E-state index is -0.858. The van der Waals surface area contributed by atoms with Crippen LogP contribution in [-0.4, -0.2) is 12.6 Å². The van der Waals surface area contributed by atoms with E-state index in [0.29, 0.717) is 0 Å². The van der Waals surface area contributed by atoms with E-state index in [0.717, 1.165) is 22.4 Å². The third-order valence-corrected chi connectivity index (χ3v) is 8.28. The lowest BCUT2D eigenvalue weighted by atomic mass is 9.98. The molecule has 4 rings (SSSR count). The summed E-state index contributed by atoms with van der Waals surface area (Å²) in [6.45, 7) is 7.88. The molecule has 190 valence electrons. The van der Waals surface area contributed by atoms with Crippen LogP contribution in [0, 0.1) is 19.7 Å². The van der Waals surface area contributed by atoms with Crippen LogP contribution in [0.15, 0.2) is 112 Å². The Morgan fingerprint density at radius 3 is 1.81 bits per heavy atom. The van der Waals surface area contributed by atoms with E-state index in [-0.39, 0.29) is 35.7 Å². The number of ether oxygens (including phenoxy) is 2. The van der Waals surface area contributed by atoms with Crippen LogP contribution in [0.25, 0.3) is 0 Å². The van der Waals surface area contributed by atoms with Crippen LogP contribution in [-0.2, 0) is 26.0 Å². The second kappa shape index (κ2) is 11.7. The first-order valence-electron chi connectivity index (χ1n) is 12.3. The fourth-order valence-corrected chi connectivity index (χ4v) is 6.52. The molecule has 0 amide bonds. The Morgan fingerprint density at radius 1 is 0.784 bits per heavy atom. The van der Waals surface area contributed by atoms with Gasteiger partial charge in [0.2, 0.25) is 0 Å². The van der Waals surface area contributed by atoms with Crippen molar-refractivity contribution in [2.24, 2.45) is 0 Å². The molecule has 0 atom stereocenters. The highest BCUT2D eigenvalue weighted by molar-refractivity contribution is 7.97. The quantitative estimate of drug-likeness (QED) is 0.169. The second-order valence-electron chi connectivity index (χ2n) is 9.41. The molecule has 37 heavy (non-hydrogen) atoms. The molecule has 4 aromatic rings. The summed E-state index contributed by atoms with van der Waals surface area (Å²) in [5, 5.41) is 0. The number of halogens is 1. The monoisotopic (exact) mass is 515 g/mol. The van der Waals surface area contributed by atoms with Gasteiger partial charge in [0.25, 0.3) is 0 Å². The molecule has 0 aliphatic rings. The van der Waals surface area contributed by atoms with Crippen molar-refractivity contribution in [3.05, 3.63) is 120 Å². The van der Waals surface area contributed by atoms with Crippen molar-refractivity contribution >= 4 is 16.9 Å². The molecule has 0 spiro atoms. The smallest absolute Gasteiger partial charge is 0.310 e. The van der Waals surface area contributed by atoms with Crippen LogP contribution in [0.4, 0.5) is 4.39 Å². The summed E-state index contributed by atoms with van der Waals surface area (Å²) in [6, 6.07) is 31.4. The number of carbonyl (C=O) groups excluding carboxylic acids is 1. The van der Waals surface area contributed by atoms with Gasteiger partial charge in [-0.15, -0.1) is 0 Å². The molecule has 0 fully saturated rings. The van der Waals surface area contributed by atoms with Crippen LogP contribution in [0.1, 0.15) is 37.0 Å². The number of rotatable bonds is 9. The van der Waals surface area contributed by atoms with E-state index in [1.165, 1.54) is 26.8 Å². The minimum absolute atomic E-state index is 0.115. The van der Waals surface area contributed by atoms with Gasteiger partial charge >= 0.3 is 5.97 Å². The summed E-state index contributed by atoms with van der Waals surface area (Å²) in [7, 11) is -0.241. The van der Waals surface area contributed by atoms with E-state index in [1.54, 1.807) is 26.0 Å². The molecule has 0 saturated heterocycles. The summed E-state index contributed by atoms with van der Waals surface area (Å²) >= 11 is 0. The van der Waals surface area contributed by atoms with Gasteiger partial charge in [-0.25, -0.2) is 4.39 Å². The third-order valence-electron chi connectivity index (χ3n) is 6.09. The molecule has 0 aromatic heterocycles. The topological polar surface area (TPSA) is 35.5 Å². The molecule has 3 nitrogen and oxygen atoms in total. The Hall–Kier alpha value is -3.57. The second-order valence-corrected chi connectivity index (χ2v) is 11.4. The maximum Gasteiger partial charge on any atom is 0.310 e. The van der Waals surface area contributed by atoms with Crippen LogP contribution in [0.2, 0.25) is 0 Å². The van der Waals surface area contributed by atoms with E-state index in [4.69, 9.17) is 9.47 Å². The van der Waals surface area contributed by atoms with Crippen molar-refractivity contribution in [3.8, 4) is 5.75 Å². The standard InChI is InChI=1S/C32H32FO3S/c1-23-21-29(37(27-11-7-5-8-12-27)28-13-9-6-10-14-28)22-24(2)31(23)35-20-19-30(34)36-32(3,4)25-15-17-26(33)18-16-25/h5-18,21-22H,19-20H2,1-4H3/q+1. The van der Waals surface area contributed by atoms with Gasteiger partial charge in [0, 0.05) is 12.1 Å². The van der Waals surface area contributed by atoms with Gasteiger partial charge in [-0.3, -0.25) is 4.79 Å². The number of hydrogen-bond donors (Lipinski definition) is 0. The van der Waals surface area contributed by atoms with Gasteiger partial charge < -0.3 is 9.47 Å². The molecule has 0 aliphatic carbocycles. The average molecular weight is 516 g/mol. The van der Waals surface area contributed by atoms with Crippen molar-refractivity contribution in [2.75, 3.05) is 6.61 Å². The predicted molar refractivity (Wildman–Crippen MR) is 147 cm³/mol.